The maximum Gasteiger partial charge on any atom is -0.000998 e. The monoisotopic (exact) mass is 90.0 g/mol. The van der Waals surface area contributed by atoms with E-state index in [0.29, 0.717) is 0 Å². The maximum absolute atomic E-state index is 3.03. The number of hydrogen-bond acceptors (Lipinski definition) is 0. The molecule has 0 aliphatic heterocycles. The minimum atomic E-state index is 1.05. The van der Waals surface area contributed by atoms with Crippen molar-refractivity contribution < 1.29 is 0 Å². The first-order valence-corrected chi connectivity index (χ1v) is 2.25. The van der Waals surface area contributed by atoms with Crippen molar-refractivity contribution in [2.24, 2.45) is 0 Å². The Bertz CT molecular complexity index is 49.1. The van der Waals surface area contributed by atoms with Crippen molar-refractivity contribution in [2.45, 2.75) is 13.8 Å². The van der Waals surface area contributed by atoms with Gasteiger partial charge in [0, 0.05) is 0 Å². The molecule has 0 atom stereocenters. The summed E-state index contributed by atoms with van der Waals surface area (Å²) in [4.78, 5) is 0. The molecule has 7 heavy (non-hydrogen) atoms. The van der Waals surface area contributed by atoms with Gasteiger partial charge >= 0.3 is 0 Å². The molecule has 1 aliphatic rings. The van der Waals surface area contributed by atoms with E-state index in [9.17, 15) is 0 Å². The van der Waals surface area contributed by atoms with E-state index in [2.05, 4.69) is 19.3 Å². The van der Waals surface area contributed by atoms with Gasteiger partial charge in [0.2, 0.25) is 0 Å². The van der Waals surface area contributed by atoms with Gasteiger partial charge in [-0.3, -0.25) is 0 Å². The first-order valence-electron chi connectivity index (χ1n) is 2.25. The van der Waals surface area contributed by atoms with Crippen LogP contribution in [0.2, 0.25) is 0 Å². The number of rotatable bonds is 0. The second-order valence-corrected chi connectivity index (χ2v) is 1.62. The van der Waals surface area contributed by atoms with Gasteiger partial charge in [-0.25, -0.2) is 0 Å². The minimum Gasteiger partial charge on any atom is -0.0579 e. The molecule has 1 aliphatic carbocycles. The summed E-state index contributed by atoms with van der Waals surface area (Å²) in [6.45, 7) is 3.92. The Balaban J connectivity index is 2.26. The largest absolute Gasteiger partial charge is 0.0579 e. The van der Waals surface area contributed by atoms with E-state index in [1.165, 1.54) is 0 Å². The Labute approximate surface area is 45.9 Å². The average molecular weight is 90.1 g/mol. The summed E-state index contributed by atoms with van der Waals surface area (Å²) in [6, 6.07) is 0. The fraction of sp³-hybridized carbons (Fsp3) is 0.286. The highest BCUT2D eigenvalue weighted by Gasteiger charge is 2.19. The molecular formula is C7H6. The van der Waals surface area contributed by atoms with E-state index in [1.807, 2.05) is 13.8 Å². The smallest absolute Gasteiger partial charge is 0.000998 e. The lowest BCUT2D eigenvalue weighted by molar-refractivity contribution is 1.19. The third-order valence-electron chi connectivity index (χ3n) is 0.812. The Hall–Kier alpha value is 0. The lowest BCUT2D eigenvalue weighted by Crippen LogP contribution is -1.82. The van der Waals surface area contributed by atoms with Crippen LogP contribution in [0, 0.1) is 31.1 Å². The van der Waals surface area contributed by atoms with Gasteiger partial charge in [-0.05, 0) is 31.1 Å². The first kappa shape index (κ1) is 5.14. The van der Waals surface area contributed by atoms with E-state index in [4.69, 9.17) is 0 Å². The summed E-state index contributed by atoms with van der Waals surface area (Å²) >= 11 is 0. The summed E-state index contributed by atoms with van der Waals surface area (Å²) in [5.41, 5.74) is 0. The normalized spacial score (nSPS) is 26.6. The summed E-state index contributed by atoms with van der Waals surface area (Å²) < 4.78 is 0. The molecule has 1 fully saturated rings. The summed E-state index contributed by atoms with van der Waals surface area (Å²) in [5.74, 6) is 2.11. The van der Waals surface area contributed by atoms with Crippen LogP contribution < -0.4 is 0 Å². The van der Waals surface area contributed by atoms with Crippen molar-refractivity contribution in [2.75, 3.05) is 0 Å². The summed E-state index contributed by atoms with van der Waals surface area (Å²) in [5, 5.41) is 0. The van der Waals surface area contributed by atoms with Crippen LogP contribution in [0.3, 0.4) is 0 Å². The van der Waals surface area contributed by atoms with Gasteiger partial charge in [-0.15, -0.1) is 0 Å². The van der Waals surface area contributed by atoms with Crippen molar-refractivity contribution >= 4 is 0 Å². The standard InChI is InChI=1S/C7H6/c1-6-3-4-7(2)5-6/h1-2H3. The van der Waals surface area contributed by atoms with Crippen LogP contribution in [0.5, 0.6) is 0 Å². The molecule has 0 bridgehead atoms. The van der Waals surface area contributed by atoms with Crippen LogP contribution in [0.25, 0.3) is 0 Å². The van der Waals surface area contributed by atoms with Crippen molar-refractivity contribution in [3.8, 4) is 0 Å². The van der Waals surface area contributed by atoms with Crippen LogP contribution >= 0.6 is 0 Å². The van der Waals surface area contributed by atoms with Crippen LogP contribution in [0.1, 0.15) is 13.8 Å². The highest BCUT2D eigenvalue weighted by Crippen LogP contribution is 2.29. The number of hydrogen-bond donors (Lipinski definition) is 0. The molecule has 0 spiro atoms. The van der Waals surface area contributed by atoms with Gasteiger partial charge < -0.3 is 0 Å². The Morgan fingerprint density at radius 2 is 1.43 bits per heavy atom. The highest BCUT2D eigenvalue weighted by atomic mass is 14.2. The van der Waals surface area contributed by atoms with Gasteiger partial charge in [0.05, 0.1) is 0 Å². The van der Waals surface area contributed by atoms with E-state index in [1.54, 1.807) is 0 Å². The zero-order valence-corrected chi connectivity index (χ0v) is 4.50. The van der Waals surface area contributed by atoms with Gasteiger partial charge in [0.1, 0.15) is 0 Å². The fourth-order valence-electron chi connectivity index (χ4n) is 0.531. The van der Waals surface area contributed by atoms with Crippen molar-refractivity contribution in [1.82, 2.24) is 0 Å². The van der Waals surface area contributed by atoms with E-state index < -0.39 is 0 Å². The van der Waals surface area contributed by atoms with E-state index >= 15 is 0 Å². The van der Waals surface area contributed by atoms with Crippen LogP contribution in [0.15, 0.2) is 0 Å². The second kappa shape index (κ2) is 1.85. The zero-order valence-electron chi connectivity index (χ0n) is 4.50. The predicted octanol–water partition coefficient (Wildman–Crippen LogP) is 1.43. The molecule has 0 heterocycles. The maximum atomic E-state index is 3.03. The van der Waals surface area contributed by atoms with Crippen LogP contribution in [-0.4, -0.2) is 0 Å². The molecule has 0 aromatic heterocycles. The van der Waals surface area contributed by atoms with Crippen LogP contribution in [0.4, 0.5) is 0 Å². The minimum absolute atomic E-state index is 1.05. The summed E-state index contributed by atoms with van der Waals surface area (Å²) in [7, 11) is 0. The molecule has 0 unspecified atom stereocenters. The van der Waals surface area contributed by atoms with Gasteiger partial charge in [-0.1, -0.05) is 13.8 Å². The topological polar surface area (TPSA) is 0 Å². The quantitative estimate of drug-likeness (QED) is 0.422. The Morgan fingerprint density at radius 3 is 1.57 bits per heavy atom. The molecule has 0 nitrogen and oxygen atoms in total. The first-order chi connectivity index (χ1) is 3.29. The zero-order chi connectivity index (χ0) is 5.28. The van der Waals surface area contributed by atoms with E-state index in [-0.39, 0.29) is 0 Å². The fourth-order valence-corrected chi connectivity index (χ4v) is 0.531. The van der Waals surface area contributed by atoms with Gasteiger partial charge in [-0.2, -0.15) is 0 Å². The molecule has 0 amide bonds. The third-order valence-corrected chi connectivity index (χ3v) is 0.812. The predicted molar refractivity (Wildman–Crippen MR) is 27.6 cm³/mol. The van der Waals surface area contributed by atoms with Gasteiger partial charge in [0.25, 0.3) is 0 Å². The molecule has 0 aromatic carbocycles. The molecule has 8 radical (unpaired) electrons. The SMILES string of the molecule is C[C]1[C][C][C](C)[C]1. The molecule has 0 heteroatoms. The highest BCUT2D eigenvalue weighted by molar-refractivity contribution is 5.39. The van der Waals surface area contributed by atoms with Crippen LogP contribution in [-0.2, 0) is 0 Å². The molecule has 0 aromatic rings. The third kappa shape index (κ3) is 1.19. The molecular weight excluding hydrogens is 84.1 g/mol. The molecule has 1 saturated carbocycles. The lowest BCUT2D eigenvalue weighted by Gasteiger charge is -1.93. The second-order valence-electron chi connectivity index (χ2n) is 1.62. The van der Waals surface area contributed by atoms with Crippen molar-refractivity contribution in [3.63, 3.8) is 0 Å². The van der Waals surface area contributed by atoms with Crippen molar-refractivity contribution in [1.29, 1.82) is 0 Å². The average Bonchev–Trinajstić information content (AvgIpc) is 1.87. The Kier molecular flexibility index (Phi) is 1.36. The summed E-state index contributed by atoms with van der Waals surface area (Å²) in [6.07, 6.45) is 8.80. The molecule has 34 valence electrons. The molecule has 1 rings (SSSR count). The molecule has 0 saturated heterocycles. The van der Waals surface area contributed by atoms with Crippen molar-refractivity contribution in [3.05, 3.63) is 31.1 Å². The molecule has 0 N–H and O–H groups in total. The Morgan fingerprint density at radius 1 is 1.00 bits per heavy atom. The lowest BCUT2D eigenvalue weighted by atomic mass is 10.1. The van der Waals surface area contributed by atoms with Gasteiger partial charge in [0.15, 0.2) is 0 Å². The van der Waals surface area contributed by atoms with E-state index in [0.717, 1.165) is 11.8 Å².